The number of anilines is 1. The third kappa shape index (κ3) is 1.75. The van der Waals surface area contributed by atoms with E-state index in [9.17, 15) is 9.59 Å². The summed E-state index contributed by atoms with van der Waals surface area (Å²) < 4.78 is 5.38. The second-order valence-corrected chi connectivity index (χ2v) is 5.85. The minimum absolute atomic E-state index is 0.102. The van der Waals surface area contributed by atoms with Gasteiger partial charge in [0.15, 0.2) is 0 Å². The lowest BCUT2D eigenvalue weighted by molar-refractivity contribution is -0.122. The van der Waals surface area contributed by atoms with E-state index in [4.69, 9.17) is 4.52 Å². The van der Waals surface area contributed by atoms with E-state index in [2.05, 4.69) is 5.16 Å². The van der Waals surface area contributed by atoms with Gasteiger partial charge in [-0.05, 0) is 25.0 Å². The summed E-state index contributed by atoms with van der Waals surface area (Å²) in [6.45, 7) is 2.02. The van der Waals surface area contributed by atoms with E-state index in [1.165, 1.54) is 4.90 Å². The van der Waals surface area contributed by atoms with Crippen LogP contribution in [0.15, 0.2) is 34.9 Å². The number of rotatable bonds is 2. The minimum atomic E-state index is -0.321. The van der Waals surface area contributed by atoms with Gasteiger partial charge < -0.3 is 4.52 Å². The zero-order valence-corrected chi connectivity index (χ0v) is 12.3. The second kappa shape index (κ2) is 4.80. The molecule has 2 amide bonds. The molecule has 5 nitrogen and oxygen atoms in total. The van der Waals surface area contributed by atoms with Gasteiger partial charge in [0.1, 0.15) is 5.76 Å². The molecule has 1 aromatic heterocycles. The Balaban J connectivity index is 1.71. The number of fused-ring (bicyclic) bond motifs is 2. The van der Waals surface area contributed by atoms with Crippen LogP contribution < -0.4 is 4.90 Å². The van der Waals surface area contributed by atoms with Crippen molar-refractivity contribution in [1.82, 2.24) is 5.16 Å². The fourth-order valence-electron chi connectivity index (χ4n) is 3.55. The van der Waals surface area contributed by atoms with Crippen molar-refractivity contribution in [2.45, 2.75) is 26.2 Å². The highest BCUT2D eigenvalue weighted by atomic mass is 16.5. The molecule has 1 aromatic carbocycles. The van der Waals surface area contributed by atoms with Crippen LogP contribution in [0.4, 0.5) is 5.69 Å². The quantitative estimate of drug-likeness (QED) is 0.797. The number of amides is 2. The number of nitrogens with zero attached hydrogens (tertiary/aromatic N) is 2. The molecule has 2 aromatic rings. The summed E-state index contributed by atoms with van der Waals surface area (Å²) in [7, 11) is 0. The highest BCUT2D eigenvalue weighted by molar-refractivity contribution is 6.22. The van der Waals surface area contributed by atoms with Crippen molar-refractivity contribution in [3.8, 4) is 0 Å². The molecule has 0 N–H and O–H groups in total. The summed E-state index contributed by atoms with van der Waals surface area (Å²) in [6.07, 6.45) is 1.81. The molecule has 112 valence electrons. The number of hydrogen-bond acceptors (Lipinski definition) is 4. The largest absolute Gasteiger partial charge is 0.361 e. The smallest absolute Gasteiger partial charge is 0.238 e. The Labute approximate surface area is 127 Å². The van der Waals surface area contributed by atoms with Crippen molar-refractivity contribution in [3.63, 3.8) is 0 Å². The first-order valence-electron chi connectivity index (χ1n) is 7.60. The summed E-state index contributed by atoms with van der Waals surface area (Å²) in [4.78, 5) is 26.7. The topological polar surface area (TPSA) is 63.4 Å². The van der Waals surface area contributed by atoms with E-state index in [1.807, 2.05) is 25.1 Å². The summed E-state index contributed by atoms with van der Waals surface area (Å²) in [6, 6.07) is 9.13. The molecule has 1 aliphatic heterocycles. The first kappa shape index (κ1) is 13.2. The van der Waals surface area contributed by atoms with Crippen LogP contribution in [0.3, 0.4) is 0 Å². The van der Waals surface area contributed by atoms with E-state index in [1.54, 1.807) is 12.1 Å². The number of carbonyl (C=O) groups is 2. The van der Waals surface area contributed by atoms with Gasteiger partial charge in [0.2, 0.25) is 11.8 Å². The van der Waals surface area contributed by atoms with Crippen molar-refractivity contribution in [1.29, 1.82) is 0 Å². The lowest BCUT2D eigenvalue weighted by Crippen LogP contribution is -2.31. The zero-order valence-electron chi connectivity index (χ0n) is 12.3. The molecule has 5 heteroatoms. The fourth-order valence-corrected chi connectivity index (χ4v) is 3.55. The third-order valence-corrected chi connectivity index (χ3v) is 4.69. The van der Waals surface area contributed by atoms with E-state index in [0.717, 1.165) is 23.4 Å². The fraction of sp³-hybridized carbons (Fsp3) is 0.353. The van der Waals surface area contributed by atoms with Gasteiger partial charge in [-0.25, -0.2) is 0 Å². The monoisotopic (exact) mass is 296 g/mol. The summed E-state index contributed by atoms with van der Waals surface area (Å²) in [5.41, 5.74) is 2.59. The molecule has 0 bridgehead atoms. The Hall–Kier alpha value is -2.43. The van der Waals surface area contributed by atoms with Crippen LogP contribution in [-0.4, -0.2) is 17.0 Å². The molecule has 2 atom stereocenters. The van der Waals surface area contributed by atoms with Gasteiger partial charge in [-0.1, -0.05) is 30.3 Å². The molecule has 0 saturated carbocycles. The normalized spacial score (nSPS) is 23.6. The Morgan fingerprint density at radius 1 is 1.14 bits per heavy atom. The number of aryl methyl sites for hydroxylation is 1. The molecule has 22 heavy (non-hydrogen) atoms. The zero-order chi connectivity index (χ0) is 15.3. The van der Waals surface area contributed by atoms with E-state index in [0.29, 0.717) is 18.5 Å². The van der Waals surface area contributed by atoms with Gasteiger partial charge >= 0.3 is 0 Å². The second-order valence-electron chi connectivity index (χ2n) is 5.85. The molecule has 4 rings (SSSR count). The summed E-state index contributed by atoms with van der Waals surface area (Å²) >= 11 is 0. The SMILES string of the molecule is CCc1noc2c1CC1C(=O)N(c3ccccc3)C(=O)C1C2. The van der Waals surface area contributed by atoms with Crippen LogP contribution in [-0.2, 0) is 28.9 Å². The average Bonchev–Trinajstić information content (AvgIpc) is 3.06. The molecule has 1 saturated heterocycles. The minimum Gasteiger partial charge on any atom is -0.361 e. The first-order chi connectivity index (χ1) is 10.7. The molecule has 0 radical (unpaired) electrons. The Kier molecular flexibility index (Phi) is 2.89. The number of para-hydroxylation sites is 1. The van der Waals surface area contributed by atoms with E-state index < -0.39 is 0 Å². The van der Waals surface area contributed by atoms with Crippen molar-refractivity contribution in [2.24, 2.45) is 11.8 Å². The highest BCUT2D eigenvalue weighted by Crippen LogP contribution is 2.40. The van der Waals surface area contributed by atoms with Crippen LogP contribution in [0.5, 0.6) is 0 Å². The molecule has 1 fully saturated rings. The number of aromatic nitrogens is 1. The molecule has 1 aliphatic carbocycles. The van der Waals surface area contributed by atoms with Crippen LogP contribution in [0.25, 0.3) is 0 Å². The number of carbonyl (C=O) groups excluding carboxylic acids is 2. The predicted molar refractivity (Wildman–Crippen MR) is 79.2 cm³/mol. The molecule has 2 heterocycles. The molecule has 0 spiro atoms. The van der Waals surface area contributed by atoms with Crippen molar-refractivity contribution in [2.75, 3.05) is 4.90 Å². The number of benzene rings is 1. The van der Waals surface area contributed by atoms with E-state index in [-0.39, 0.29) is 23.7 Å². The van der Waals surface area contributed by atoms with Gasteiger partial charge in [0.25, 0.3) is 0 Å². The van der Waals surface area contributed by atoms with Crippen molar-refractivity contribution in [3.05, 3.63) is 47.3 Å². The van der Waals surface area contributed by atoms with Crippen LogP contribution >= 0.6 is 0 Å². The van der Waals surface area contributed by atoms with Gasteiger partial charge in [-0.3, -0.25) is 14.5 Å². The maximum atomic E-state index is 12.7. The number of hydrogen-bond donors (Lipinski definition) is 0. The van der Waals surface area contributed by atoms with Crippen LogP contribution in [0, 0.1) is 11.8 Å². The molecular weight excluding hydrogens is 280 g/mol. The van der Waals surface area contributed by atoms with Gasteiger partial charge in [0, 0.05) is 12.0 Å². The van der Waals surface area contributed by atoms with Gasteiger partial charge in [-0.15, -0.1) is 0 Å². The van der Waals surface area contributed by atoms with Gasteiger partial charge in [0.05, 0.1) is 23.2 Å². The highest BCUT2D eigenvalue weighted by Gasteiger charge is 2.51. The first-order valence-corrected chi connectivity index (χ1v) is 7.60. The summed E-state index contributed by atoms with van der Waals surface area (Å²) in [5.74, 6) is -0.0617. The Morgan fingerprint density at radius 2 is 1.82 bits per heavy atom. The lowest BCUT2D eigenvalue weighted by Gasteiger charge is -2.19. The van der Waals surface area contributed by atoms with Crippen molar-refractivity contribution >= 4 is 17.5 Å². The lowest BCUT2D eigenvalue weighted by atomic mass is 9.79. The Morgan fingerprint density at radius 3 is 2.50 bits per heavy atom. The predicted octanol–water partition coefficient (Wildman–Crippen LogP) is 2.14. The summed E-state index contributed by atoms with van der Waals surface area (Å²) in [5, 5.41) is 4.06. The van der Waals surface area contributed by atoms with Crippen molar-refractivity contribution < 1.29 is 14.1 Å². The average molecular weight is 296 g/mol. The molecule has 2 unspecified atom stereocenters. The maximum Gasteiger partial charge on any atom is 0.238 e. The molecular formula is C17H16N2O3. The van der Waals surface area contributed by atoms with Crippen LogP contribution in [0.2, 0.25) is 0 Å². The number of imide groups is 1. The standard InChI is InChI=1S/C17H16N2O3/c1-2-14-13-8-11-12(9-15(13)22-18-14)17(21)19(16(11)20)10-6-4-3-5-7-10/h3-7,11-12H,2,8-9H2,1H3. The Bertz CT molecular complexity index is 751. The van der Waals surface area contributed by atoms with Gasteiger partial charge in [-0.2, -0.15) is 0 Å². The molecule has 2 aliphatic rings. The maximum absolute atomic E-state index is 12.7. The third-order valence-electron chi connectivity index (χ3n) is 4.69. The van der Waals surface area contributed by atoms with E-state index >= 15 is 0 Å². The van der Waals surface area contributed by atoms with Crippen LogP contribution in [0.1, 0.15) is 23.9 Å².